The van der Waals surface area contributed by atoms with Crippen molar-refractivity contribution in [2.24, 2.45) is 0 Å². The normalized spacial score (nSPS) is 12.2. The lowest BCUT2D eigenvalue weighted by molar-refractivity contribution is 0.0690. The van der Waals surface area contributed by atoms with E-state index < -0.39 is 5.97 Å². The van der Waals surface area contributed by atoms with E-state index in [0.717, 1.165) is 0 Å². The summed E-state index contributed by atoms with van der Waals surface area (Å²) in [4.78, 5) is 28.2. The highest BCUT2D eigenvalue weighted by Crippen LogP contribution is 2.00. The van der Waals surface area contributed by atoms with Crippen LogP contribution < -0.4 is 5.32 Å². The Morgan fingerprint density at radius 3 is 2.56 bits per heavy atom. The zero-order valence-corrected chi connectivity index (χ0v) is 10.7. The lowest BCUT2D eigenvalue weighted by Crippen LogP contribution is -2.38. The summed E-state index contributed by atoms with van der Waals surface area (Å²) in [6.07, 6.45) is 0. The number of nitrogens with zero attached hydrogens (tertiary/aromatic N) is 2. The first-order valence-electron chi connectivity index (χ1n) is 5.56. The van der Waals surface area contributed by atoms with Gasteiger partial charge in [-0.15, -0.1) is 0 Å². The van der Waals surface area contributed by atoms with Crippen molar-refractivity contribution in [2.75, 3.05) is 20.6 Å². The van der Waals surface area contributed by atoms with E-state index in [9.17, 15) is 9.59 Å². The number of nitrogens with one attached hydrogen (secondary N) is 1. The maximum absolute atomic E-state index is 11.8. The van der Waals surface area contributed by atoms with Crippen molar-refractivity contribution in [3.05, 3.63) is 29.6 Å². The lowest BCUT2D eigenvalue weighted by atomic mass is 10.2. The SMILES string of the molecule is CC(CNC(=O)c1cccc(C(=O)O)n1)N(C)C. The molecule has 1 aromatic rings. The number of carboxylic acid groups (broad SMARTS) is 1. The fraction of sp³-hybridized carbons (Fsp3) is 0.417. The number of aromatic carboxylic acids is 1. The van der Waals surface area contributed by atoms with Crippen molar-refractivity contribution in [3.8, 4) is 0 Å². The number of carbonyl (C=O) groups is 2. The fourth-order valence-corrected chi connectivity index (χ4v) is 1.19. The topological polar surface area (TPSA) is 82.5 Å². The molecule has 1 aromatic heterocycles. The summed E-state index contributed by atoms with van der Waals surface area (Å²) < 4.78 is 0. The first-order valence-corrected chi connectivity index (χ1v) is 5.56. The van der Waals surface area contributed by atoms with E-state index in [1.165, 1.54) is 18.2 Å². The van der Waals surface area contributed by atoms with Gasteiger partial charge in [-0.25, -0.2) is 9.78 Å². The van der Waals surface area contributed by atoms with Gasteiger partial charge in [0.15, 0.2) is 0 Å². The van der Waals surface area contributed by atoms with Gasteiger partial charge in [-0.05, 0) is 33.2 Å². The number of hydrogen-bond acceptors (Lipinski definition) is 4. The standard InChI is InChI=1S/C12H17N3O3/c1-8(15(2)3)7-13-11(16)9-5-4-6-10(14-9)12(17)18/h4-6,8H,7H2,1-3H3,(H,13,16)(H,17,18). The molecule has 1 heterocycles. The number of rotatable bonds is 5. The van der Waals surface area contributed by atoms with E-state index in [1.54, 1.807) is 0 Å². The molecule has 0 aliphatic rings. The van der Waals surface area contributed by atoms with Gasteiger partial charge >= 0.3 is 5.97 Å². The van der Waals surface area contributed by atoms with Gasteiger partial charge < -0.3 is 15.3 Å². The third kappa shape index (κ3) is 3.81. The van der Waals surface area contributed by atoms with Gasteiger partial charge in [0.1, 0.15) is 11.4 Å². The molecule has 0 saturated carbocycles. The molecule has 0 aliphatic carbocycles. The Morgan fingerprint density at radius 2 is 2.00 bits per heavy atom. The summed E-state index contributed by atoms with van der Waals surface area (Å²) in [7, 11) is 3.83. The summed E-state index contributed by atoms with van der Waals surface area (Å²) in [6.45, 7) is 2.45. The monoisotopic (exact) mass is 251 g/mol. The van der Waals surface area contributed by atoms with Gasteiger partial charge in [0.2, 0.25) is 0 Å². The maximum atomic E-state index is 11.8. The van der Waals surface area contributed by atoms with E-state index in [-0.39, 0.29) is 23.3 Å². The lowest BCUT2D eigenvalue weighted by Gasteiger charge is -2.19. The van der Waals surface area contributed by atoms with Crippen LogP contribution in [-0.4, -0.2) is 53.5 Å². The van der Waals surface area contributed by atoms with E-state index in [2.05, 4.69) is 10.3 Å². The molecule has 1 unspecified atom stereocenters. The number of carboxylic acids is 1. The molecular weight excluding hydrogens is 234 g/mol. The molecule has 0 radical (unpaired) electrons. The highest BCUT2D eigenvalue weighted by molar-refractivity contribution is 5.94. The molecule has 18 heavy (non-hydrogen) atoms. The van der Waals surface area contributed by atoms with Crippen LogP contribution in [0.15, 0.2) is 18.2 Å². The fourth-order valence-electron chi connectivity index (χ4n) is 1.19. The molecule has 6 nitrogen and oxygen atoms in total. The Balaban J connectivity index is 2.67. The predicted octanol–water partition coefficient (Wildman–Crippen LogP) is 0.460. The van der Waals surface area contributed by atoms with Crippen LogP contribution in [0.25, 0.3) is 0 Å². The van der Waals surface area contributed by atoms with Crippen LogP contribution in [0.3, 0.4) is 0 Å². The minimum Gasteiger partial charge on any atom is -0.477 e. The molecule has 1 atom stereocenters. The Kier molecular flexibility index (Phi) is 4.79. The van der Waals surface area contributed by atoms with Gasteiger partial charge in [-0.3, -0.25) is 4.79 Å². The van der Waals surface area contributed by atoms with Crippen molar-refractivity contribution in [1.29, 1.82) is 0 Å². The minimum atomic E-state index is -1.15. The van der Waals surface area contributed by atoms with Crippen molar-refractivity contribution in [2.45, 2.75) is 13.0 Å². The highest BCUT2D eigenvalue weighted by Gasteiger charge is 2.12. The zero-order valence-electron chi connectivity index (χ0n) is 10.7. The number of aromatic nitrogens is 1. The Hall–Kier alpha value is -1.95. The van der Waals surface area contributed by atoms with E-state index in [1.807, 2.05) is 25.9 Å². The second-order valence-electron chi connectivity index (χ2n) is 4.24. The zero-order chi connectivity index (χ0) is 13.7. The van der Waals surface area contributed by atoms with Crippen LogP contribution in [-0.2, 0) is 0 Å². The van der Waals surface area contributed by atoms with Crippen molar-refractivity contribution < 1.29 is 14.7 Å². The Bertz CT molecular complexity index is 446. The quantitative estimate of drug-likeness (QED) is 0.794. The largest absolute Gasteiger partial charge is 0.477 e. The summed E-state index contributed by atoms with van der Waals surface area (Å²) in [5, 5.41) is 11.5. The first-order chi connectivity index (χ1) is 8.41. The molecule has 0 saturated heterocycles. The summed E-state index contributed by atoms with van der Waals surface area (Å²) >= 11 is 0. The molecule has 98 valence electrons. The van der Waals surface area contributed by atoms with E-state index >= 15 is 0 Å². The molecule has 0 spiro atoms. The Labute approximate surface area is 106 Å². The third-order valence-corrected chi connectivity index (χ3v) is 2.64. The van der Waals surface area contributed by atoms with Crippen LogP contribution in [0, 0.1) is 0 Å². The van der Waals surface area contributed by atoms with Crippen LogP contribution in [0.4, 0.5) is 0 Å². The molecule has 1 rings (SSSR count). The van der Waals surface area contributed by atoms with Gasteiger partial charge in [0.05, 0.1) is 0 Å². The van der Waals surface area contributed by atoms with Crippen molar-refractivity contribution in [1.82, 2.24) is 15.2 Å². The summed E-state index contributed by atoms with van der Waals surface area (Å²) in [6, 6.07) is 4.53. The van der Waals surface area contributed by atoms with Crippen LogP contribution >= 0.6 is 0 Å². The minimum absolute atomic E-state index is 0.112. The molecule has 6 heteroatoms. The summed E-state index contributed by atoms with van der Waals surface area (Å²) in [5.74, 6) is -1.52. The molecular formula is C12H17N3O3. The number of carbonyl (C=O) groups excluding carboxylic acids is 1. The smallest absolute Gasteiger partial charge is 0.354 e. The molecule has 0 aromatic carbocycles. The van der Waals surface area contributed by atoms with Crippen LogP contribution in [0.5, 0.6) is 0 Å². The van der Waals surface area contributed by atoms with E-state index in [0.29, 0.717) is 6.54 Å². The molecule has 0 aliphatic heterocycles. The average molecular weight is 251 g/mol. The van der Waals surface area contributed by atoms with Crippen LogP contribution in [0.2, 0.25) is 0 Å². The Morgan fingerprint density at radius 1 is 1.39 bits per heavy atom. The average Bonchev–Trinajstić information content (AvgIpc) is 2.35. The molecule has 0 bridgehead atoms. The predicted molar refractivity (Wildman–Crippen MR) is 66.7 cm³/mol. The second kappa shape index (κ2) is 6.11. The third-order valence-electron chi connectivity index (χ3n) is 2.64. The van der Waals surface area contributed by atoms with Gasteiger partial charge in [-0.1, -0.05) is 6.07 Å². The highest BCUT2D eigenvalue weighted by atomic mass is 16.4. The van der Waals surface area contributed by atoms with Crippen LogP contribution in [0.1, 0.15) is 27.9 Å². The summed E-state index contributed by atoms with van der Waals surface area (Å²) in [5.41, 5.74) is -0.0239. The number of likely N-dealkylation sites (N-methyl/N-ethyl adjacent to an activating group) is 1. The van der Waals surface area contributed by atoms with E-state index in [4.69, 9.17) is 5.11 Å². The number of pyridine rings is 1. The van der Waals surface area contributed by atoms with Gasteiger partial charge in [-0.2, -0.15) is 0 Å². The van der Waals surface area contributed by atoms with Crippen molar-refractivity contribution in [3.63, 3.8) is 0 Å². The van der Waals surface area contributed by atoms with Gasteiger partial charge in [0, 0.05) is 12.6 Å². The second-order valence-corrected chi connectivity index (χ2v) is 4.24. The maximum Gasteiger partial charge on any atom is 0.354 e. The molecule has 2 N–H and O–H groups in total. The number of hydrogen-bond donors (Lipinski definition) is 2. The van der Waals surface area contributed by atoms with Crippen molar-refractivity contribution >= 4 is 11.9 Å². The molecule has 1 amide bonds. The first kappa shape index (κ1) is 14.1. The van der Waals surface area contributed by atoms with Gasteiger partial charge in [0.25, 0.3) is 5.91 Å². The number of amides is 1. The molecule has 0 fully saturated rings.